The summed E-state index contributed by atoms with van der Waals surface area (Å²) < 4.78 is 0. The molecule has 0 N–H and O–H groups in total. The van der Waals surface area contributed by atoms with Crippen LogP contribution in [0.2, 0.25) is 0 Å². The van der Waals surface area contributed by atoms with E-state index in [2.05, 4.69) is 110 Å². The third-order valence-corrected chi connectivity index (χ3v) is 5.37. The molecule has 0 unspecified atom stereocenters. The van der Waals surface area contributed by atoms with Crippen LogP contribution in [0.15, 0.2) is 60.7 Å². The lowest BCUT2D eigenvalue weighted by Crippen LogP contribution is -1.77. The van der Waals surface area contributed by atoms with Gasteiger partial charge in [0.05, 0.1) is 0 Å². The first-order valence-corrected chi connectivity index (χ1v) is 12.4. The van der Waals surface area contributed by atoms with Crippen LogP contribution in [0, 0.1) is 23.7 Å². The van der Waals surface area contributed by atoms with Gasteiger partial charge in [0.2, 0.25) is 0 Å². The van der Waals surface area contributed by atoms with Crippen molar-refractivity contribution in [2.75, 3.05) is 0 Å². The molecule has 32 heavy (non-hydrogen) atoms. The number of hydrogen-bond acceptors (Lipinski definition) is 0. The van der Waals surface area contributed by atoms with Crippen molar-refractivity contribution in [3.05, 3.63) is 82.9 Å². The zero-order valence-corrected chi connectivity index (χ0v) is 20.0. The largest absolute Gasteiger partial charge is 0.0839 e. The molecule has 0 heteroatoms. The van der Waals surface area contributed by atoms with E-state index in [9.17, 15) is 0 Å². The summed E-state index contributed by atoms with van der Waals surface area (Å²) in [4.78, 5) is 0. The molecule has 0 bridgehead atoms. The van der Waals surface area contributed by atoms with Gasteiger partial charge in [0.25, 0.3) is 0 Å². The highest BCUT2D eigenvalue weighted by Gasteiger charge is 1.91. The van der Waals surface area contributed by atoms with Gasteiger partial charge in [-0.25, -0.2) is 0 Å². The third-order valence-electron chi connectivity index (χ3n) is 5.37. The van der Waals surface area contributed by atoms with Crippen LogP contribution in [0.3, 0.4) is 0 Å². The first-order valence-electron chi connectivity index (χ1n) is 12.4. The molecular weight excluding hydrogens is 384 g/mol. The van der Waals surface area contributed by atoms with Gasteiger partial charge in [0, 0.05) is 11.1 Å². The van der Waals surface area contributed by atoms with Crippen molar-refractivity contribution in [2.45, 2.75) is 78.1 Å². The van der Waals surface area contributed by atoms with Crippen molar-refractivity contribution in [2.24, 2.45) is 0 Å². The van der Waals surface area contributed by atoms with Crippen molar-refractivity contribution in [1.29, 1.82) is 0 Å². The van der Waals surface area contributed by atoms with Crippen LogP contribution in [-0.4, -0.2) is 0 Å². The Morgan fingerprint density at radius 1 is 0.531 bits per heavy atom. The Hall–Kier alpha value is -2.96. The van der Waals surface area contributed by atoms with Crippen molar-refractivity contribution in [3.8, 4) is 23.7 Å². The normalized spacial score (nSPS) is 10.7. The van der Waals surface area contributed by atoms with Crippen molar-refractivity contribution >= 4 is 12.2 Å². The summed E-state index contributed by atoms with van der Waals surface area (Å²) in [6.07, 6.45) is 21.8. The van der Waals surface area contributed by atoms with E-state index in [-0.39, 0.29) is 0 Å². The van der Waals surface area contributed by atoms with Gasteiger partial charge in [-0.15, -0.1) is 0 Å². The molecule has 0 radical (unpaired) electrons. The average Bonchev–Trinajstić information content (AvgIpc) is 2.83. The monoisotopic (exact) mass is 422 g/mol. The van der Waals surface area contributed by atoms with Crippen LogP contribution in [0.5, 0.6) is 0 Å². The van der Waals surface area contributed by atoms with Gasteiger partial charge in [-0.1, -0.05) is 113 Å². The predicted molar refractivity (Wildman–Crippen MR) is 142 cm³/mol. The van der Waals surface area contributed by atoms with E-state index in [4.69, 9.17) is 0 Å². The van der Waals surface area contributed by atoms with Gasteiger partial charge >= 0.3 is 0 Å². The van der Waals surface area contributed by atoms with E-state index in [1.54, 1.807) is 0 Å². The summed E-state index contributed by atoms with van der Waals surface area (Å²) in [6, 6.07) is 16.7. The third kappa shape index (κ3) is 11.4. The summed E-state index contributed by atoms with van der Waals surface area (Å²) in [7, 11) is 0. The SMILES string of the molecule is CCCCCC/C=C/c1ccc(C#CC#Cc2ccc(/C=C/CCCCCC)cc2)cc1. The summed E-state index contributed by atoms with van der Waals surface area (Å²) in [6.45, 7) is 4.50. The Kier molecular flexibility index (Phi) is 13.2. The molecule has 0 spiro atoms. The van der Waals surface area contributed by atoms with Gasteiger partial charge in [-0.05, 0) is 72.9 Å². The van der Waals surface area contributed by atoms with E-state index >= 15 is 0 Å². The lowest BCUT2D eigenvalue weighted by molar-refractivity contribution is 0.675. The minimum atomic E-state index is 0.999. The van der Waals surface area contributed by atoms with E-state index in [1.165, 1.54) is 62.5 Å². The number of benzene rings is 2. The standard InChI is InChI=1S/C32H38/c1-3-5-7-9-11-13-17-29-21-25-31(26-22-29)19-15-16-20-32-27-23-30(24-28-32)18-14-12-10-8-6-4-2/h13-14,17-18,21-28H,3-12H2,1-2H3/b17-13+,18-14+. The van der Waals surface area contributed by atoms with E-state index in [0.29, 0.717) is 0 Å². The molecule has 0 heterocycles. The fourth-order valence-electron chi connectivity index (χ4n) is 3.38. The number of hydrogen-bond donors (Lipinski definition) is 0. The molecule has 0 nitrogen and oxygen atoms in total. The van der Waals surface area contributed by atoms with E-state index < -0.39 is 0 Å². The molecule has 0 amide bonds. The second kappa shape index (κ2) is 16.7. The molecule has 2 aromatic carbocycles. The van der Waals surface area contributed by atoms with Crippen molar-refractivity contribution in [3.63, 3.8) is 0 Å². The molecule has 0 atom stereocenters. The summed E-state index contributed by atoms with van der Waals surface area (Å²) in [5, 5.41) is 0. The molecule has 0 saturated heterocycles. The van der Waals surface area contributed by atoms with Crippen LogP contribution < -0.4 is 0 Å². The highest BCUT2D eigenvalue weighted by molar-refractivity contribution is 5.54. The lowest BCUT2D eigenvalue weighted by atomic mass is 10.1. The molecule has 0 aliphatic carbocycles. The van der Waals surface area contributed by atoms with Crippen LogP contribution in [-0.2, 0) is 0 Å². The highest BCUT2D eigenvalue weighted by atomic mass is 14.0. The molecule has 0 aromatic heterocycles. The molecule has 0 fully saturated rings. The quantitative estimate of drug-likeness (QED) is 0.236. The van der Waals surface area contributed by atoms with E-state index in [1.807, 2.05) is 0 Å². The second-order valence-electron chi connectivity index (χ2n) is 8.25. The average molecular weight is 423 g/mol. The van der Waals surface area contributed by atoms with Gasteiger partial charge in [0.15, 0.2) is 0 Å². The molecule has 2 aromatic rings. The Labute approximate surface area is 196 Å². The molecule has 0 aliphatic heterocycles. The Morgan fingerprint density at radius 2 is 0.938 bits per heavy atom. The smallest absolute Gasteiger partial charge is 0.0255 e. The van der Waals surface area contributed by atoms with Gasteiger partial charge in [0.1, 0.15) is 0 Å². The van der Waals surface area contributed by atoms with Crippen LogP contribution in [0.4, 0.5) is 0 Å². The van der Waals surface area contributed by atoms with Gasteiger partial charge in [-0.3, -0.25) is 0 Å². The van der Waals surface area contributed by atoms with Crippen LogP contribution in [0.25, 0.3) is 12.2 Å². The molecule has 0 saturated carbocycles. The first-order chi connectivity index (χ1) is 15.8. The van der Waals surface area contributed by atoms with Crippen LogP contribution in [0.1, 0.15) is 100 Å². The maximum absolute atomic E-state index is 3.13. The topological polar surface area (TPSA) is 0 Å². The summed E-state index contributed by atoms with van der Waals surface area (Å²) >= 11 is 0. The first kappa shape index (κ1) is 25.3. The van der Waals surface area contributed by atoms with E-state index in [0.717, 1.165) is 24.0 Å². The minimum Gasteiger partial charge on any atom is -0.0839 e. The predicted octanol–water partition coefficient (Wildman–Crippen LogP) is 9.06. The lowest BCUT2D eigenvalue weighted by Gasteiger charge is -1.96. The minimum absolute atomic E-state index is 0.999. The summed E-state index contributed by atoms with van der Waals surface area (Å²) in [5.74, 6) is 12.2. The number of allylic oxidation sites excluding steroid dienone is 2. The number of rotatable bonds is 12. The molecular formula is C32H38. The van der Waals surface area contributed by atoms with Crippen molar-refractivity contribution < 1.29 is 0 Å². The van der Waals surface area contributed by atoms with Gasteiger partial charge < -0.3 is 0 Å². The fraction of sp³-hybridized carbons (Fsp3) is 0.375. The zero-order valence-electron chi connectivity index (χ0n) is 20.0. The maximum Gasteiger partial charge on any atom is 0.0255 e. The second-order valence-corrected chi connectivity index (χ2v) is 8.25. The van der Waals surface area contributed by atoms with Gasteiger partial charge in [-0.2, -0.15) is 0 Å². The molecule has 0 aliphatic rings. The zero-order chi connectivity index (χ0) is 22.7. The molecule has 2 rings (SSSR count). The Balaban J connectivity index is 1.78. The van der Waals surface area contributed by atoms with Crippen molar-refractivity contribution in [1.82, 2.24) is 0 Å². The molecule has 166 valence electrons. The Morgan fingerprint density at radius 3 is 1.31 bits per heavy atom. The maximum atomic E-state index is 3.13. The highest BCUT2D eigenvalue weighted by Crippen LogP contribution is 2.10. The number of unbranched alkanes of at least 4 members (excludes halogenated alkanes) is 8. The summed E-state index contributed by atoms with van der Waals surface area (Å²) in [5.41, 5.74) is 4.46. The fourth-order valence-corrected chi connectivity index (χ4v) is 3.38. The Bertz CT molecular complexity index is 850. The van der Waals surface area contributed by atoms with Crippen LogP contribution >= 0.6 is 0 Å².